The van der Waals surface area contributed by atoms with Crippen molar-refractivity contribution in [2.75, 3.05) is 5.73 Å². The van der Waals surface area contributed by atoms with E-state index in [1.54, 1.807) is 11.8 Å². The number of nitrogens with two attached hydrogens (primary N) is 1. The summed E-state index contributed by atoms with van der Waals surface area (Å²) in [5.41, 5.74) is 8.88. The molecule has 0 aliphatic heterocycles. The highest BCUT2D eigenvalue weighted by molar-refractivity contribution is 7.99. The van der Waals surface area contributed by atoms with Crippen LogP contribution in [0, 0.1) is 0 Å². The molecule has 0 atom stereocenters. The molecular weight excluding hydrogens is 276 g/mol. The van der Waals surface area contributed by atoms with E-state index in [-0.39, 0.29) is 0 Å². The molecule has 2 nitrogen and oxygen atoms in total. The third-order valence-electron chi connectivity index (χ3n) is 3.50. The number of fused-ring (bicyclic) bond motifs is 1. The van der Waals surface area contributed by atoms with Crippen molar-refractivity contribution >= 4 is 28.4 Å². The van der Waals surface area contributed by atoms with Crippen molar-refractivity contribution in [2.24, 2.45) is 0 Å². The molecule has 3 aromatic rings. The van der Waals surface area contributed by atoms with Crippen LogP contribution in [0.1, 0.15) is 25.3 Å². The smallest absolute Gasteiger partial charge is 0.0733 e. The van der Waals surface area contributed by atoms with Gasteiger partial charge in [-0.25, -0.2) is 0 Å². The fourth-order valence-corrected chi connectivity index (χ4v) is 3.21. The van der Waals surface area contributed by atoms with E-state index in [0.717, 1.165) is 16.6 Å². The van der Waals surface area contributed by atoms with E-state index >= 15 is 0 Å². The fraction of sp³-hybridized carbons (Fsp3) is 0.167. The Bertz CT molecular complexity index is 764. The van der Waals surface area contributed by atoms with Gasteiger partial charge in [0.2, 0.25) is 0 Å². The molecule has 0 aliphatic carbocycles. The lowest BCUT2D eigenvalue weighted by Gasteiger charge is -2.08. The number of nitrogens with zero attached hydrogens (tertiary/aromatic N) is 1. The first-order chi connectivity index (χ1) is 10.1. The molecule has 0 aliphatic rings. The Morgan fingerprint density at radius 2 is 1.76 bits per heavy atom. The van der Waals surface area contributed by atoms with E-state index in [0.29, 0.717) is 5.92 Å². The summed E-state index contributed by atoms with van der Waals surface area (Å²) in [6, 6.07) is 16.7. The second kappa shape index (κ2) is 5.78. The maximum atomic E-state index is 5.82. The Balaban J connectivity index is 1.94. The zero-order valence-electron chi connectivity index (χ0n) is 12.2. The molecule has 0 bridgehead atoms. The highest BCUT2D eigenvalue weighted by Gasteiger charge is 2.05. The predicted octanol–water partition coefficient (Wildman–Crippen LogP) is 5.09. The van der Waals surface area contributed by atoms with Crippen LogP contribution in [0.2, 0.25) is 0 Å². The van der Waals surface area contributed by atoms with Gasteiger partial charge in [-0.15, -0.1) is 0 Å². The van der Waals surface area contributed by atoms with E-state index in [1.165, 1.54) is 15.4 Å². The van der Waals surface area contributed by atoms with Crippen LogP contribution >= 0.6 is 11.8 Å². The first kappa shape index (κ1) is 14.0. The van der Waals surface area contributed by atoms with Crippen LogP contribution in [0.15, 0.2) is 64.5 Å². The lowest BCUT2D eigenvalue weighted by Crippen LogP contribution is -1.88. The van der Waals surface area contributed by atoms with Crippen LogP contribution in [0.4, 0.5) is 5.69 Å². The molecule has 1 heterocycles. The molecule has 3 heteroatoms. The summed E-state index contributed by atoms with van der Waals surface area (Å²) in [6.07, 6.45) is 1.84. The first-order valence-corrected chi connectivity index (χ1v) is 7.87. The molecule has 0 amide bonds. The second-order valence-corrected chi connectivity index (χ2v) is 6.53. The van der Waals surface area contributed by atoms with E-state index in [2.05, 4.69) is 49.2 Å². The number of hydrogen-bond acceptors (Lipinski definition) is 3. The molecule has 106 valence electrons. The lowest BCUT2D eigenvalue weighted by atomic mass is 10.0. The summed E-state index contributed by atoms with van der Waals surface area (Å²) >= 11 is 1.76. The molecule has 0 unspecified atom stereocenters. The van der Waals surface area contributed by atoms with Crippen molar-refractivity contribution in [1.82, 2.24) is 4.98 Å². The molecule has 0 fully saturated rings. The number of pyridine rings is 1. The Hall–Kier alpha value is -2.00. The number of hydrogen-bond donors (Lipinski definition) is 1. The summed E-state index contributed by atoms with van der Waals surface area (Å²) in [4.78, 5) is 6.83. The minimum Gasteiger partial charge on any atom is -0.399 e. The minimum atomic E-state index is 0.564. The topological polar surface area (TPSA) is 38.9 Å². The third kappa shape index (κ3) is 3.03. The van der Waals surface area contributed by atoms with Gasteiger partial charge >= 0.3 is 0 Å². The molecule has 21 heavy (non-hydrogen) atoms. The van der Waals surface area contributed by atoms with E-state index < -0.39 is 0 Å². The van der Waals surface area contributed by atoms with Crippen LogP contribution in [0.5, 0.6) is 0 Å². The van der Waals surface area contributed by atoms with Crippen molar-refractivity contribution in [2.45, 2.75) is 29.6 Å². The zero-order valence-corrected chi connectivity index (χ0v) is 13.0. The summed E-state index contributed by atoms with van der Waals surface area (Å²) < 4.78 is 0. The predicted molar refractivity (Wildman–Crippen MR) is 90.8 cm³/mol. The lowest BCUT2D eigenvalue weighted by molar-refractivity contribution is 0.865. The van der Waals surface area contributed by atoms with Gasteiger partial charge in [-0.1, -0.05) is 37.7 Å². The van der Waals surface area contributed by atoms with Gasteiger partial charge < -0.3 is 5.73 Å². The van der Waals surface area contributed by atoms with Gasteiger partial charge in [-0.2, -0.15) is 0 Å². The first-order valence-electron chi connectivity index (χ1n) is 7.05. The summed E-state index contributed by atoms with van der Waals surface area (Å²) in [5.74, 6) is 0.564. The zero-order chi connectivity index (χ0) is 14.8. The van der Waals surface area contributed by atoms with Gasteiger partial charge in [-0.05, 0) is 47.9 Å². The molecule has 2 aromatic carbocycles. The average Bonchev–Trinajstić information content (AvgIpc) is 2.47. The number of benzene rings is 2. The quantitative estimate of drug-likeness (QED) is 0.684. The Morgan fingerprint density at radius 3 is 2.48 bits per heavy atom. The largest absolute Gasteiger partial charge is 0.399 e. The molecule has 0 radical (unpaired) electrons. The van der Waals surface area contributed by atoms with Gasteiger partial charge in [0.25, 0.3) is 0 Å². The maximum Gasteiger partial charge on any atom is 0.0733 e. The van der Waals surface area contributed by atoms with Crippen molar-refractivity contribution in [1.29, 1.82) is 0 Å². The molecule has 2 N–H and O–H groups in total. The van der Waals surface area contributed by atoms with Gasteiger partial charge in [0.1, 0.15) is 0 Å². The highest BCUT2D eigenvalue weighted by atomic mass is 32.2. The third-order valence-corrected chi connectivity index (χ3v) is 4.59. The maximum absolute atomic E-state index is 5.82. The number of rotatable bonds is 3. The van der Waals surface area contributed by atoms with Crippen LogP contribution in [0.3, 0.4) is 0 Å². The van der Waals surface area contributed by atoms with Crippen LogP contribution < -0.4 is 5.73 Å². The molecule has 3 rings (SSSR count). The summed E-state index contributed by atoms with van der Waals surface area (Å²) in [6.45, 7) is 4.42. The van der Waals surface area contributed by atoms with Gasteiger partial charge in [0.15, 0.2) is 0 Å². The second-order valence-electron chi connectivity index (χ2n) is 5.41. The molecular formula is C18H18N2S. The summed E-state index contributed by atoms with van der Waals surface area (Å²) in [7, 11) is 0. The van der Waals surface area contributed by atoms with Crippen LogP contribution in [0.25, 0.3) is 10.9 Å². The van der Waals surface area contributed by atoms with E-state index in [9.17, 15) is 0 Å². The minimum absolute atomic E-state index is 0.564. The monoisotopic (exact) mass is 294 g/mol. The van der Waals surface area contributed by atoms with Crippen LogP contribution in [-0.2, 0) is 0 Å². The van der Waals surface area contributed by atoms with Crippen molar-refractivity contribution in [3.63, 3.8) is 0 Å². The highest BCUT2D eigenvalue weighted by Crippen LogP contribution is 2.33. The summed E-state index contributed by atoms with van der Waals surface area (Å²) in [5, 5.41) is 1.14. The number of aromatic nitrogens is 1. The van der Waals surface area contributed by atoms with E-state index in [1.807, 2.05) is 24.4 Å². The van der Waals surface area contributed by atoms with Crippen molar-refractivity contribution < 1.29 is 0 Å². The van der Waals surface area contributed by atoms with Crippen molar-refractivity contribution in [3.05, 3.63) is 60.3 Å². The Kier molecular flexibility index (Phi) is 3.84. The molecule has 0 spiro atoms. The standard InChI is InChI=1S/C18H18N2S/c1-12(2)13-3-6-15(7-4-13)21-18-9-10-20-17-11-14(19)5-8-16(17)18/h3-12H,19H2,1-2H3. The molecule has 1 aromatic heterocycles. The van der Waals surface area contributed by atoms with Crippen LogP contribution in [-0.4, -0.2) is 4.98 Å². The Morgan fingerprint density at radius 1 is 1.00 bits per heavy atom. The SMILES string of the molecule is CC(C)c1ccc(Sc2ccnc3cc(N)ccc23)cc1. The molecule has 0 saturated heterocycles. The Labute approximate surface area is 129 Å². The van der Waals surface area contributed by atoms with Gasteiger partial charge in [0, 0.05) is 27.1 Å². The average molecular weight is 294 g/mol. The van der Waals surface area contributed by atoms with E-state index in [4.69, 9.17) is 5.73 Å². The number of anilines is 1. The fourth-order valence-electron chi connectivity index (χ4n) is 2.28. The van der Waals surface area contributed by atoms with Gasteiger partial charge in [-0.3, -0.25) is 4.98 Å². The van der Waals surface area contributed by atoms with Gasteiger partial charge in [0.05, 0.1) is 5.52 Å². The number of nitrogen functional groups attached to an aromatic ring is 1. The molecule has 0 saturated carbocycles. The van der Waals surface area contributed by atoms with Crippen molar-refractivity contribution in [3.8, 4) is 0 Å². The normalized spacial score (nSPS) is 11.2.